The number of methoxy groups -OCH3 is 3. The number of aromatic nitrogens is 3. The van der Waals surface area contributed by atoms with Crippen LogP contribution in [-0.4, -0.2) is 48.9 Å². The average Bonchev–Trinajstić information content (AvgIpc) is 3.14. The average molecular weight is 383 g/mol. The molecule has 146 valence electrons. The highest BCUT2D eigenvalue weighted by atomic mass is 16.5. The third kappa shape index (κ3) is 4.40. The summed E-state index contributed by atoms with van der Waals surface area (Å²) in [5, 5.41) is 8.63. The summed E-state index contributed by atoms with van der Waals surface area (Å²) in [6.07, 6.45) is 2.96. The molecule has 0 unspecified atom stereocenters. The van der Waals surface area contributed by atoms with E-state index in [1.807, 2.05) is 24.3 Å². The minimum absolute atomic E-state index is 0.166. The van der Waals surface area contributed by atoms with Gasteiger partial charge in [-0.05, 0) is 35.9 Å². The lowest BCUT2D eigenvalue weighted by Crippen LogP contribution is -2.11. The Labute approximate surface area is 162 Å². The van der Waals surface area contributed by atoms with E-state index in [0.717, 1.165) is 11.0 Å². The largest absolute Gasteiger partial charge is 0.493 e. The zero-order chi connectivity index (χ0) is 19.9. The molecule has 0 saturated carbocycles. The molecule has 3 rings (SSSR count). The van der Waals surface area contributed by atoms with Crippen LogP contribution in [0, 0.1) is 0 Å². The Balaban J connectivity index is 1.59. The van der Waals surface area contributed by atoms with Crippen LogP contribution < -0.4 is 14.2 Å². The fourth-order valence-electron chi connectivity index (χ4n) is 2.64. The van der Waals surface area contributed by atoms with Gasteiger partial charge in [0, 0.05) is 6.08 Å². The standard InChI is InChI=1S/C20H21N3O5/c1-25-17-12-14(13-18(26-2)20(17)27-3)8-9-19(24)28-11-10-23-21-15-6-4-5-7-16(15)22-23/h4-9,12-13H,10-11H2,1-3H3/b9-8+. The van der Waals surface area contributed by atoms with Gasteiger partial charge >= 0.3 is 5.97 Å². The fourth-order valence-corrected chi connectivity index (χ4v) is 2.64. The molecule has 0 radical (unpaired) electrons. The summed E-state index contributed by atoms with van der Waals surface area (Å²) in [6, 6.07) is 11.0. The molecule has 1 heterocycles. The molecule has 2 aromatic carbocycles. The summed E-state index contributed by atoms with van der Waals surface area (Å²) >= 11 is 0. The molecule has 0 N–H and O–H groups in total. The lowest BCUT2D eigenvalue weighted by molar-refractivity contribution is -0.138. The monoisotopic (exact) mass is 383 g/mol. The number of ether oxygens (including phenoxy) is 4. The van der Waals surface area contributed by atoms with Crippen LogP contribution in [0.4, 0.5) is 0 Å². The molecule has 0 spiro atoms. The Kier molecular flexibility index (Phi) is 6.11. The maximum atomic E-state index is 12.0. The lowest BCUT2D eigenvalue weighted by Gasteiger charge is -2.12. The molecule has 0 aliphatic rings. The Morgan fingerprint density at radius 1 is 1.00 bits per heavy atom. The normalized spacial score (nSPS) is 11.0. The van der Waals surface area contributed by atoms with Crippen molar-refractivity contribution in [2.24, 2.45) is 0 Å². The first-order valence-corrected chi connectivity index (χ1v) is 8.59. The van der Waals surface area contributed by atoms with E-state index in [2.05, 4.69) is 10.2 Å². The van der Waals surface area contributed by atoms with E-state index in [1.54, 1.807) is 18.2 Å². The smallest absolute Gasteiger partial charge is 0.330 e. The molecular formula is C20H21N3O5. The predicted octanol–water partition coefficient (Wildman–Crippen LogP) is 2.71. The van der Waals surface area contributed by atoms with Crippen molar-refractivity contribution in [3.63, 3.8) is 0 Å². The first-order chi connectivity index (χ1) is 13.6. The fraction of sp³-hybridized carbons (Fsp3) is 0.250. The van der Waals surface area contributed by atoms with Crippen LogP contribution in [0.15, 0.2) is 42.5 Å². The second kappa shape index (κ2) is 8.90. The number of hydrogen-bond acceptors (Lipinski definition) is 7. The number of hydrogen-bond donors (Lipinski definition) is 0. The van der Waals surface area contributed by atoms with Gasteiger partial charge in [-0.25, -0.2) is 4.79 Å². The summed E-state index contributed by atoms with van der Waals surface area (Å²) < 4.78 is 21.1. The first-order valence-electron chi connectivity index (χ1n) is 8.59. The van der Waals surface area contributed by atoms with E-state index >= 15 is 0 Å². The van der Waals surface area contributed by atoms with Crippen LogP contribution in [0.5, 0.6) is 17.2 Å². The quantitative estimate of drug-likeness (QED) is 0.437. The molecule has 3 aromatic rings. The molecular weight excluding hydrogens is 362 g/mol. The maximum absolute atomic E-state index is 12.0. The summed E-state index contributed by atoms with van der Waals surface area (Å²) in [6.45, 7) is 0.540. The highest BCUT2D eigenvalue weighted by Gasteiger charge is 2.12. The van der Waals surface area contributed by atoms with Crippen molar-refractivity contribution >= 4 is 23.1 Å². The number of carbonyl (C=O) groups is 1. The highest BCUT2D eigenvalue weighted by molar-refractivity contribution is 5.87. The molecule has 8 nitrogen and oxygen atoms in total. The van der Waals surface area contributed by atoms with Crippen molar-refractivity contribution in [2.45, 2.75) is 6.54 Å². The Bertz CT molecular complexity index is 938. The molecule has 0 bridgehead atoms. The zero-order valence-corrected chi connectivity index (χ0v) is 15.9. The van der Waals surface area contributed by atoms with Gasteiger partial charge < -0.3 is 18.9 Å². The molecule has 0 aliphatic carbocycles. The van der Waals surface area contributed by atoms with Gasteiger partial charge in [0.25, 0.3) is 0 Å². The van der Waals surface area contributed by atoms with Gasteiger partial charge in [-0.15, -0.1) is 0 Å². The summed E-state index contributed by atoms with van der Waals surface area (Å²) in [5.74, 6) is 1.03. The summed E-state index contributed by atoms with van der Waals surface area (Å²) in [4.78, 5) is 13.5. The van der Waals surface area contributed by atoms with E-state index in [4.69, 9.17) is 18.9 Å². The van der Waals surface area contributed by atoms with Crippen LogP contribution in [0.3, 0.4) is 0 Å². The number of benzene rings is 2. The number of esters is 1. The number of rotatable bonds is 8. The van der Waals surface area contributed by atoms with Crippen LogP contribution in [0.25, 0.3) is 17.1 Å². The van der Waals surface area contributed by atoms with E-state index in [0.29, 0.717) is 29.4 Å². The van der Waals surface area contributed by atoms with E-state index in [9.17, 15) is 4.79 Å². The zero-order valence-electron chi connectivity index (χ0n) is 15.9. The SMILES string of the molecule is COc1cc(/C=C/C(=O)OCCn2nc3ccccc3n2)cc(OC)c1OC. The topological polar surface area (TPSA) is 84.7 Å². The van der Waals surface area contributed by atoms with Gasteiger partial charge in [0.2, 0.25) is 5.75 Å². The maximum Gasteiger partial charge on any atom is 0.330 e. The molecule has 28 heavy (non-hydrogen) atoms. The third-order valence-corrected chi connectivity index (χ3v) is 3.96. The molecule has 0 amide bonds. The van der Waals surface area contributed by atoms with Crippen molar-refractivity contribution in [1.82, 2.24) is 15.0 Å². The Morgan fingerprint density at radius 2 is 1.61 bits per heavy atom. The van der Waals surface area contributed by atoms with Crippen molar-refractivity contribution in [2.75, 3.05) is 27.9 Å². The van der Waals surface area contributed by atoms with Gasteiger partial charge in [0.1, 0.15) is 17.6 Å². The van der Waals surface area contributed by atoms with Gasteiger partial charge in [0.15, 0.2) is 11.5 Å². The van der Waals surface area contributed by atoms with Crippen LogP contribution in [-0.2, 0) is 16.1 Å². The van der Waals surface area contributed by atoms with Gasteiger partial charge in [-0.2, -0.15) is 15.0 Å². The second-order valence-electron chi connectivity index (χ2n) is 5.74. The van der Waals surface area contributed by atoms with Crippen molar-refractivity contribution < 1.29 is 23.7 Å². The van der Waals surface area contributed by atoms with Crippen LogP contribution in [0.2, 0.25) is 0 Å². The van der Waals surface area contributed by atoms with E-state index in [1.165, 1.54) is 32.2 Å². The molecule has 0 saturated heterocycles. The molecule has 0 atom stereocenters. The van der Waals surface area contributed by atoms with Crippen molar-refractivity contribution in [1.29, 1.82) is 0 Å². The Hall–Kier alpha value is -3.55. The van der Waals surface area contributed by atoms with E-state index in [-0.39, 0.29) is 6.61 Å². The minimum Gasteiger partial charge on any atom is -0.493 e. The van der Waals surface area contributed by atoms with Crippen LogP contribution in [0.1, 0.15) is 5.56 Å². The highest BCUT2D eigenvalue weighted by Crippen LogP contribution is 2.38. The Morgan fingerprint density at radius 3 is 2.14 bits per heavy atom. The van der Waals surface area contributed by atoms with Crippen molar-refractivity contribution in [3.05, 3.63) is 48.0 Å². The number of carbonyl (C=O) groups excluding carboxylic acids is 1. The molecule has 8 heteroatoms. The van der Waals surface area contributed by atoms with Crippen molar-refractivity contribution in [3.8, 4) is 17.2 Å². The summed E-state index contributed by atoms with van der Waals surface area (Å²) in [5.41, 5.74) is 2.32. The number of fused-ring (bicyclic) bond motifs is 1. The molecule has 0 aliphatic heterocycles. The number of nitrogens with zero attached hydrogens (tertiary/aromatic N) is 3. The molecule has 0 fully saturated rings. The van der Waals surface area contributed by atoms with Gasteiger partial charge in [-0.1, -0.05) is 12.1 Å². The second-order valence-corrected chi connectivity index (χ2v) is 5.74. The minimum atomic E-state index is -0.467. The van der Waals surface area contributed by atoms with Gasteiger partial charge in [0.05, 0.1) is 27.9 Å². The summed E-state index contributed by atoms with van der Waals surface area (Å²) in [7, 11) is 4.60. The molecule has 1 aromatic heterocycles. The van der Waals surface area contributed by atoms with Gasteiger partial charge in [-0.3, -0.25) is 0 Å². The lowest BCUT2D eigenvalue weighted by atomic mass is 10.1. The van der Waals surface area contributed by atoms with E-state index < -0.39 is 5.97 Å². The third-order valence-electron chi connectivity index (χ3n) is 3.96. The first kappa shape index (κ1) is 19.2. The van der Waals surface area contributed by atoms with Crippen LogP contribution >= 0.6 is 0 Å². The predicted molar refractivity (Wildman–Crippen MR) is 104 cm³/mol.